The molecule has 90 valence electrons. The van der Waals surface area contributed by atoms with Gasteiger partial charge in [0.1, 0.15) is 0 Å². The first-order valence-electron chi connectivity index (χ1n) is 6.03. The highest BCUT2D eigenvalue weighted by Gasteiger charge is 2.15. The molecular formula is C14H22ClN. The Balaban J connectivity index is 0.00000128. The minimum atomic E-state index is 0. The predicted molar refractivity (Wildman–Crippen MR) is 72.5 cm³/mol. The van der Waals surface area contributed by atoms with Crippen molar-refractivity contribution in [2.75, 3.05) is 13.1 Å². The predicted octanol–water partition coefficient (Wildman–Crippen LogP) is 3.27. The average Bonchev–Trinajstić information content (AvgIpc) is 2.25. The summed E-state index contributed by atoms with van der Waals surface area (Å²) in [5, 5.41) is 3.43. The van der Waals surface area contributed by atoms with Crippen LogP contribution >= 0.6 is 12.4 Å². The molecule has 1 saturated heterocycles. The molecule has 2 rings (SSSR count). The van der Waals surface area contributed by atoms with Crippen molar-refractivity contribution >= 4 is 12.4 Å². The SMILES string of the molecule is Cc1cccc(C)c1CC1CCNCC1.Cl. The molecule has 0 aromatic heterocycles. The molecule has 0 aliphatic carbocycles. The zero-order valence-corrected chi connectivity index (χ0v) is 11.1. The second kappa shape index (κ2) is 6.27. The van der Waals surface area contributed by atoms with E-state index in [2.05, 4.69) is 37.4 Å². The molecule has 0 spiro atoms. The molecule has 0 unspecified atom stereocenters. The number of rotatable bonds is 2. The van der Waals surface area contributed by atoms with Crippen LogP contribution in [-0.4, -0.2) is 13.1 Å². The molecule has 0 radical (unpaired) electrons. The number of hydrogen-bond acceptors (Lipinski definition) is 1. The normalized spacial score (nSPS) is 16.9. The summed E-state index contributed by atoms with van der Waals surface area (Å²) in [4.78, 5) is 0. The van der Waals surface area contributed by atoms with Gasteiger partial charge in [-0.1, -0.05) is 18.2 Å². The lowest BCUT2D eigenvalue weighted by molar-refractivity contribution is 0.372. The van der Waals surface area contributed by atoms with Crippen molar-refractivity contribution in [3.05, 3.63) is 34.9 Å². The molecule has 0 amide bonds. The molecule has 0 saturated carbocycles. The van der Waals surface area contributed by atoms with Crippen LogP contribution in [0.1, 0.15) is 29.5 Å². The lowest BCUT2D eigenvalue weighted by Crippen LogP contribution is -2.28. The van der Waals surface area contributed by atoms with Crippen LogP contribution in [0.3, 0.4) is 0 Å². The smallest absolute Gasteiger partial charge is 0.00462 e. The summed E-state index contributed by atoms with van der Waals surface area (Å²) in [7, 11) is 0. The maximum absolute atomic E-state index is 3.43. The highest BCUT2D eigenvalue weighted by molar-refractivity contribution is 5.85. The second-order valence-corrected chi connectivity index (χ2v) is 4.77. The molecule has 16 heavy (non-hydrogen) atoms. The van der Waals surface area contributed by atoms with Crippen molar-refractivity contribution in [2.24, 2.45) is 5.92 Å². The summed E-state index contributed by atoms with van der Waals surface area (Å²) in [6.07, 6.45) is 3.96. The van der Waals surface area contributed by atoms with Gasteiger partial charge in [0.05, 0.1) is 0 Å². The molecular weight excluding hydrogens is 218 g/mol. The number of hydrogen-bond donors (Lipinski definition) is 1. The van der Waals surface area contributed by atoms with E-state index < -0.39 is 0 Å². The third-order valence-corrected chi connectivity index (χ3v) is 3.60. The fourth-order valence-electron chi connectivity index (χ4n) is 2.55. The summed E-state index contributed by atoms with van der Waals surface area (Å²) in [6.45, 7) is 6.89. The molecule has 1 aromatic rings. The molecule has 0 bridgehead atoms. The summed E-state index contributed by atoms with van der Waals surface area (Å²) in [5.41, 5.74) is 4.52. The summed E-state index contributed by atoms with van der Waals surface area (Å²) < 4.78 is 0. The van der Waals surface area contributed by atoms with Crippen LogP contribution in [0.25, 0.3) is 0 Å². The van der Waals surface area contributed by atoms with E-state index >= 15 is 0 Å². The van der Waals surface area contributed by atoms with Gasteiger partial charge in [0.25, 0.3) is 0 Å². The molecule has 1 aliphatic heterocycles. The minimum absolute atomic E-state index is 0. The van der Waals surface area contributed by atoms with Gasteiger partial charge in [-0.3, -0.25) is 0 Å². The van der Waals surface area contributed by atoms with Crippen molar-refractivity contribution in [2.45, 2.75) is 33.1 Å². The van der Waals surface area contributed by atoms with Gasteiger partial charge in [0.2, 0.25) is 0 Å². The second-order valence-electron chi connectivity index (χ2n) is 4.77. The van der Waals surface area contributed by atoms with Gasteiger partial charge in [-0.2, -0.15) is 0 Å². The topological polar surface area (TPSA) is 12.0 Å². The molecule has 1 fully saturated rings. The standard InChI is InChI=1S/C14H21N.ClH/c1-11-4-3-5-12(2)14(11)10-13-6-8-15-9-7-13;/h3-5,13,15H,6-10H2,1-2H3;1H. The molecule has 1 aromatic carbocycles. The first kappa shape index (κ1) is 13.5. The van der Waals surface area contributed by atoms with Crippen LogP contribution in [0.5, 0.6) is 0 Å². The number of benzene rings is 1. The van der Waals surface area contributed by atoms with E-state index in [1.807, 2.05) is 0 Å². The largest absolute Gasteiger partial charge is 0.317 e. The van der Waals surface area contributed by atoms with Crippen LogP contribution < -0.4 is 5.32 Å². The number of halogens is 1. The minimum Gasteiger partial charge on any atom is -0.317 e. The van der Waals surface area contributed by atoms with Crippen molar-refractivity contribution < 1.29 is 0 Å². The van der Waals surface area contributed by atoms with Gasteiger partial charge in [0.15, 0.2) is 0 Å². The van der Waals surface area contributed by atoms with Crippen molar-refractivity contribution in [3.8, 4) is 0 Å². The third kappa shape index (κ3) is 3.23. The van der Waals surface area contributed by atoms with Crippen LogP contribution in [-0.2, 0) is 6.42 Å². The van der Waals surface area contributed by atoms with Gasteiger partial charge >= 0.3 is 0 Å². The Morgan fingerprint density at radius 2 is 1.69 bits per heavy atom. The molecule has 2 heteroatoms. The maximum atomic E-state index is 3.43. The first-order chi connectivity index (χ1) is 7.27. The van der Waals surface area contributed by atoms with Gasteiger partial charge in [-0.15, -0.1) is 12.4 Å². The van der Waals surface area contributed by atoms with E-state index in [0.717, 1.165) is 5.92 Å². The van der Waals surface area contributed by atoms with Crippen LogP contribution in [0.15, 0.2) is 18.2 Å². The molecule has 1 nitrogen and oxygen atoms in total. The lowest BCUT2D eigenvalue weighted by atomic mass is 9.87. The average molecular weight is 240 g/mol. The Labute approximate surface area is 105 Å². The Kier molecular flexibility index (Phi) is 5.30. The van der Waals surface area contributed by atoms with Crippen LogP contribution in [0, 0.1) is 19.8 Å². The molecule has 1 aliphatic rings. The van der Waals surface area contributed by atoms with Crippen LogP contribution in [0.2, 0.25) is 0 Å². The highest BCUT2D eigenvalue weighted by atomic mass is 35.5. The van der Waals surface area contributed by atoms with Crippen molar-refractivity contribution in [1.29, 1.82) is 0 Å². The molecule has 0 atom stereocenters. The van der Waals surface area contributed by atoms with E-state index in [1.165, 1.54) is 43.5 Å². The molecule has 1 heterocycles. The van der Waals surface area contributed by atoms with E-state index in [9.17, 15) is 0 Å². The number of aryl methyl sites for hydroxylation is 2. The van der Waals surface area contributed by atoms with Crippen molar-refractivity contribution in [3.63, 3.8) is 0 Å². The zero-order valence-electron chi connectivity index (χ0n) is 10.3. The van der Waals surface area contributed by atoms with E-state index in [-0.39, 0.29) is 12.4 Å². The molecule has 1 N–H and O–H groups in total. The van der Waals surface area contributed by atoms with Crippen LogP contribution in [0.4, 0.5) is 0 Å². The Morgan fingerprint density at radius 1 is 1.12 bits per heavy atom. The van der Waals surface area contributed by atoms with Gasteiger partial charge in [-0.05, 0) is 68.8 Å². The first-order valence-corrected chi connectivity index (χ1v) is 6.03. The number of nitrogens with one attached hydrogen (secondary N) is 1. The highest BCUT2D eigenvalue weighted by Crippen LogP contribution is 2.22. The Bertz CT molecular complexity index is 309. The summed E-state index contributed by atoms with van der Waals surface area (Å²) in [5.74, 6) is 0.894. The lowest BCUT2D eigenvalue weighted by Gasteiger charge is -2.24. The van der Waals surface area contributed by atoms with Gasteiger partial charge in [0, 0.05) is 0 Å². The Morgan fingerprint density at radius 3 is 2.25 bits per heavy atom. The maximum Gasteiger partial charge on any atom is -0.00462 e. The Hall–Kier alpha value is -0.530. The van der Waals surface area contributed by atoms with Crippen molar-refractivity contribution in [1.82, 2.24) is 5.32 Å². The van der Waals surface area contributed by atoms with E-state index in [1.54, 1.807) is 5.56 Å². The summed E-state index contributed by atoms with van der Waals surface area (Å²) >= 11 is 0. The summed E-state index contributed by atoms with van der Waals surface area (Å²) in [6, 6.07) is 6.64. The fraction of sp³-hybridized carbons (Fsp3) is 0.571. The monoisotopic (exact) mass is 239 g/mol. The third-order valence-electron chi connectivity index (χ3n) is 3.60. The fourth-order valence-corrected chi connectivity index (χ4v) is 2.55. The number of piperidine rings is 1. The van der Waals surface area contributed by atoms with E-state index in [0.29, 0.717) is 0 Å². The van der Waals surface area contributed by atoms with Gasteiger partial charge < -0.3 is 5.32 Å². The van der Waals surface area contributed by atoms with Gasteiger partial charge in [-0.25, -0.2) is 0 Å². The van der Waals surface area contributed by atoms with E-state index in [4.69, 9.17) is 0 Å². The quantitative estimate of drug-likeness (QED) is 0.836. The zero-order chi connectivity index (χ0) is 10.7.